The molecule has 0 aliphatic heterocycles. The Bertz CT molecular complexity index is 235. The van der Waals surface area contributed by atoms with Crippen LogP contribution in [-0.2, 0) is 0 Å². The number of hydrogen-bond donors (Lipinski definition) is 2. The van der Waals surface area contributed by atoms with E-state index >= 15 is 0 Å². The molecule has 0 aliphatic rings. The third kappa shape index (κ3) is 1.15. The van der Waals surface area contributed by atoms with Crippen molar-refractivity contribution in [3.63, 3.8) is 0 Å². The Labute approximate surface area is 56.0 Å². The van der Waals surface area contributed by atoms with Crippen LogP contribution in [0.15, 0.2) is 11.1 Å². The van der Waals surface area contributed by atoms with E-state index in [2.05, 4.69) is 10.2 Å². The molecule has 46 valence electrons. The molecular weight excluding hydrogens is 136 g/mol. The third-order valence-corrected chi connectivity index (χ3v) is 1.42. The summed E-state index contributed by atoms with van der Waals surface area (Å²) in [6, 6.07) is 0. The molecule has 0 aliphatic carbocycles. The number of nitrogens with zero attached hydrogens (tertiary/aromatic N) is 2. The van der Waals surface area contributed by atoms with E-state index in [1.807, 2.05) is 5.40 Å². The molecule has 0 aromatic carbocycles. The summed E-state index contributed by atoms with van der Waals surface area (Å²) in [5.74, 6) is 0.446. The zero-order valence-corrected chi connectivity index (χ0v) is 5.27. The molecular formula is C4H4N4S. The van der Waals surface area contributed by atoms with Crippen LogP contribution in [-0.4, -0.2) is 10.2 Å². The molecule has 0 bridgehead atoms. The number of thiocyanates is 1. The maximum Gasteiger partial charge on any atom is 0.138 e. The van der Waals surface area contributed by atoms with Gasteiger partial charge in [-0.25, -0.2) is 0 Å². The molecule has 1 aromatic rings. The average Bonchev–Trinajstić information content (AvgIpc) is 2.18. The fourth-order valence-electron chi connectivity index (χ4n) is 0.416. The van der Waals surface area contributed by atoms with Crippen LogP contribution in [0.5, 0.6) is 0 Å². The number of thioether (sulfide) groups is 1. The molecule has 0 saturated heterocycles. The van der Waals surface area contributed by atoms with Crippen molar-refractivity contribution >= 4 is 17.6 Å². The van der Waals surface area contributed by atoms with E-state index < -0.39 is 0 Å². The molecule has 3 N–H and O–H groups in total. The van der Waals surface area contributed by atoms with Gasteiger partial charge in [0.15, 0.2) is 0 Å². The van der Waals surface area contributed by atoms with Crippen molar-refractivity contribution in [2.75, 3.05) is 5.73 Å². The van der Waals surface area contributed by atoms with Gasteiger partial charge in [-0.2, -0.15) is 10.4 Å². The van der Waals surface area contributed by atoms with Crippen molar-refractivity contribution in [3.8, 4) is 5.40 Å². The zero-order valence-electron chi connectivity index (χ0n) is 4.46. The van der Waals surface area contributed by atoms with Crippen LogP contribution < -0.4 is 5.73 Å². The van der Waals surface area contributed by atoms with Crippen molar-refractivity contribution in [1.82, 2.24) is 10.2 Å². The predicted octanol–water partition coefficient (Wildman–Crippen LogP) is 0.565. The first-order valence-electron chi connectivity index (χ1n) is 2.19. The van der Waals surface area contributed by atoms with Gasteiger partial charge in [0.25, 0.3) is 0 Å². The standard InChI is InChI=1S/C4H4N4S/c5-2-9-3-1-7-8-4(3)6/h1H,(H3,6,7,8). The van der Waals surface area contributed by atoms with Crippen molar-refractivity contribution in [2.45, 2.75) is 4.90 Å². The van der Waals surface area contributed by atoms with E-state index in [0.717, 1.165) is 11.8 Å². The summed E-state index contributed by atoms with van der Waals surface area (Å²) in [6.07, 6.45) is 1.52. The molecule has 1 aromatic heterocycles. The second-order valence-corrected chi connectivity index (χ2v) is 2.17. The molecule has 5 heteroatoms. The Morgan fingerprint density at radius 1 is 1.89 bits per heavy atom. The largest absolute Gasteiger partial charge is 0.383 e. The number of aromatic nitrogens is 2. The number of aromatic amines is 1. The summed E-state index contributed by atoms with van der Waals surface area (Å²) in [5.41, 5.74) is 5.34. The van der Waals surface area contributed by atoms with Gasteiger partial charge in [-0.3, -0.25) is 5.10 Å². The van der Waals surface area contributed by atoms with Crippen LogP contribution >= 0.6 is 11.8 Å². The first-order chi connectivity index (χ1) is 4.34. The molecule has 0 radical (unpaired) electrons. The monoisotopic (exact) mass is 140 g/mol. The molecule has 0 spiro atoms. The predicted molar refractivity (Wildman–Crippen MR) is 34.5 cm³/mol. The Morgan fingerprint density at radius 2 is 2.67 bits per heavy atom. The van der Waals surface area contributed by atoms with Crippen molar-refractivity contribution in [2.24, 2.45) is 0 Å². The lowest BCUT2D eigenvalue weighted by atomic mass is 10.7. The van der Waals surface area contributed by atoms with Crippen LogP contribution in [0.25, 0.3) is 0 Å². The number of rotatable bonds is 1. The Hall–Kier alpha value is -1.15. The molecule has 0 unspecified atom stereocenters. The van der Waals surface area contributed by atoms with Gasteiger partial charge in [0.1, 0.15) is 11.2 Å². The molecule has 9 heavy (non-hydrogen) atoms. The minimum atomic E-state index is 0.446. The number of hydrogen-bond acceptors (Lipinski definition) is 4. The van der Waals surface area contributed by atoms with Crippen LogP contribution in [0.3, 0.4) is 0 Å². The van der Waals surface area contributed by atoms with E-state index in [-0.39, 0.29) is 0 Å². The first-order valence-corrected chi connectivity index (χ1v) is 3.01. The topological polar surface area (TPSA) is 78.5 Å². The highest BCUT2D eigenvalue weighted by atomic mass is 32.2. The number of anilines is 1. The van der Waals surface area contributed by atoms with Gasteiger partial charge in [0, 0.05) is 0 Å². The quantitative estimate of drug-likeness (QED) is 0.441. The maximum absolute atomic E-state index is 8.18. The van der Waals surface area contributed by atoms with Gasteiger partial charge >= 0.3 is 0 Å². The lowest BCUT2D eigenvalue weighted by Gasteiger charge is -1.84. The number of H-pyrrole nitrogens is 1. The van der Waals surface area contributed by atoms with Crippen LogP contribution in [0.2, 0.25) is 0 Å². The third-order valence-electron chi connectivity index (χ3n) is 0.788. The minimum Gasteiger partial charge on any atom is -0.383 e. The highest BCUT2D eigenvalue weighted by Gasteiger charge is 1.98. The van der Waals surface area contributed by atoms with Gasteiger partial charge < -0.3 is 5.73 Å². The molecule has 4 nitrogen and oxygen atoms in total. The van der Waals surface area contributed by atoms with E-state index in [1.54, 1.807) is 0 Å². The summed E-state index contributed by atoms with van der Waals surface area (Å²) in [5, 5.41) is 16.2. The van der Waals surface area contributed by atoms with E-state index in [1.165, 1.54) is 6.20 Å². The Morgan fingerprint density at radius 3 is 3.11 bits per heavy atom. The second kappa shape index (κ2) is 2.42. The summed E-state index contributed by atoms with van der Waals surface area (Å²) in [4.78, 5) is 0.678. The lowest BCUT2D eigenvalue weighted by molar-refractivity contribution is 1.10. The van der Waals surface area contributed by atoms with Crippen LogP contribution in [0, 0.1) is 10.7 Å². The molecule has 1 rings (SSSR count). The van der Waals surface area contributed by atoms with E-state index in [0.29, 0.717) is 10.7 Å². The van der Waals surface area contributed by atoms with Gasteiger partial charge in [-0.15, -0.1) is 0 Å². The maximum atomic E-state index is 8.18. The van der Waals surface area contributed by atoms with Crippen LogP contribution in [0.4, 0.5) is 5.82 Å². The Balaban J connectivity index is 2.84. The van der Waals surface area contributed by atoms with Gasteiger partial charge in [-0.05, 0) is 11.8 Å². The van der Waals surface area contributed by atoms with Crippen molar-refractivity contribution < 1.29 is 0 Å². The van der Waals surface area contributed by atoms with Gasteiger partial charge in [0.2, 0.25) is 0 Å². The number of nitrogens with one attached hydrogen (secondary N) is 1. The number of nitrogen functional groups attached to an aromatic ring is 1. The zero-order chi connectivity index (χ0) is 6.69. The van der Waals surface area contributed by atoms with Crippen LogP contribution in [0.1, 0.15) is 0 Å². The summed E-state index contributed by atoms with van der Waals surface area (Å²) in [6.45, 7) is 0. The SMILES string of the molecule is N#CSc1cn[nH]c1N. The molecule has 0 amide bonds. The first kappa shape index (κ1) is 5.98. The second-order valence-electron chi connectivity index (χ2n) is 1.34. The van der Waals surface area contributed by atoms with Crippen molar-refractivity contribution in [1.29, 1.82) is 5.26 Å². The molecule has 0 saturated carbocycles. The van der Waals surface area contributed by atoms with E-state index in [4.69, 9.17) is 11.0 Å². The molecule has 0 fully saturated rings. The fourth-order valence-corrected chi connectivity index (χ4v) is 0.775. The smallest absolute Gasteiger partial charge is 0.138 e. The highest BCUT2D eigenvalue weighted by Crippen LogP contribution is 2.19. The van der Waals surface area contributed by atoms with Crippen molar-refractivity contribution in [3.05, 3.63) is 6.20 Å². The van der Waals surface area contributed by atoms with Gasteiger partial charge in [-0.1, -0.05) is 0 Å². The number of nitriles is 1. The van der Waals surface area contributed by atoms with Gasteiger partial charge in [0.05, 0.1) is 11.1 Å². The molecule has 1 heterocycles. The highest BCUT2D eigenvalue weighted by molar-refractivity contribution is 8.03. The summed E-state index contributed by atoms with van der Waals surface area (Å²) < 4.78 is 0. The average molecular weight is 140 g/mol. The minimum absolute atomic E-state index is 0.446. The normalized spacial score (nSPS) is 8.78. The molecule has 0 atom stereocenters. The summed E-state index contributed by atoms with van der Waals surface area (Å²) in [7, 11) is 0. The number of nitrogens with two attached hydrogens (primary N) is 1. The lowest BCUT2D eigenvalue weighted by Crippen LogP contribution is -1.84. The summed E-state index contributed by atoms with van der Waals surface area (Å²) >= 11 is 0.995. The Kier molecular flexibility index (Phi) is 1.60. The fraction of sp³-hybridized carbons (Fsp3) is 0. The van der Waals surface area contributed by atoms with E-state index in [9.17, 15) is 0 Å².